The minimum Gasteiger partial charge on any atom is -0.446 e. The predicted molar refractivity (Wildman–Crippen MR) is 216 cm³/mol. The van der Waals surface area contributed by atoms with E-state index in [9.17, 15) is 0 Å². The Hall–Kier alpha value is -5.34. The maximum Gasteiger partial charge on any atom is 0.223 e. The predicted octanol–water partition coefficient (Wildman–Crippen LogP) is 9.32. The van der Waals surface area contributed by atoms with Crippen LogP contribution in [0.5, 0.6) is 0 Å². The van der Waals surface area contributed by atoms with Gasteiger partial charge in [-0.15, -0.1) is 54.4 Å². The zero-order valence-electron chi connectivity index (χ0n) is 34.9. The fourth-order valence-corrected chi connectivity index (χ4v) is 5.35. The van der Waals surface area contributed by atoms with E-state index in [0.29, 0.717) is 35.2 Å². The lowest BCUT2D eigenvalue weighted by atomic mass is 10.4. The van der Waals surface area contributed by atoms with E-state index < -0.39 is 0 Å². The van der Waals surface area contributed by atoms with E-state index in [2.05, 4.69) is 82.1 Å². The highest BCUT2D eigenvalue weighted by Crippen LogP contribution is 2.08. The maximum absolute atomic E-state index is 4.97. The van der Waals surface area contributed by atoms with Gasteiger partial charge in [-0.2, -0.15) is 9.97 Å². The lowest BCUT2D eigenvalue weighted by Crippen LogP contribution is -1.70. The summed E-state index contributed by atoms with van der Waals surface area (Å²) in [6.07, 6.45) is 3.59. The molecule has 0 aliphatic carbocycles. The summed E-state index contributed by atoms with van der Waals surface area (Å²) >= 11 is 5.05. The highest BCUT2D eigenvalue weighted by molar-refractivity contribution is 7.11. The van der Waals surface area contributed by atoms with Crippen molar-refractivity contribution in [2.24, 2.45) is 0 Å². The third kappa shape index (κ3) is 24.9. The van der Waals surface area contributed by atoms with E-state index in [4.69, 9.17) is 13.4 Å². The molecule has 8 heterocycles. The monoisotopic (exact) mass is 828 g/mol. The molecule has 0 fully saturated rings. The molecule has 0 spiro atoms. The van der Waals surface area contributed by atoms with Gasteiger partial charge in [0.2, 0.25) is 23.6 Å². The van der Waals surface area contributed by atoms with Gasteiger partial charge in [0.05, 0.1) is 21.9 Å². The number of nitrogens with zero attached hydrogens (tertiary/aromatic N) is 12. The van der Waals surface area contributed by atoms with Crippen molar-refractivity contribution < 1.29 is 22.4 Å². The second-order valence-corrected chi connectivity index (χ2v) is 15.4. The molecule has 20 heteroatoms. The molecule has 304 valence electrons. The van der Waals surface area contributed by atoms with Gasteiger partial charge in [0.25, 0.3) is 0 Å². The molecule has 0 atom stereocenters. The van der Waals surface area contributed by atoms with Crippen LogP contribution in [0.1, 0.15) is 88.9 Å². The van der Waals surface area contributed by atoms with Gasteiger partial charge in [-0.1, -0.05) is 15.5 Å². The molecule has 8 aromatic heterocycles. The summed E-state index contributed by atoms with van der Waals surface area (Å²) in [6, 6.07) is 1.89. The zero-order chi connectivity index (χ0) is 42.2. The standard InChI is InChI=1S/2C5H7NO.2C5H7NS.3C4H6N2O.C4H6N2S/c1-4-3-6-5(2)7-4;1-4-3-5(2)7-6-4;1-4-3-7-5(2)6-4;1-4-3-6-5(2)7-4;1-3-5-6-4(2)7-3;2*1-3-5-4(2)7-6-3;1-3-5-6-4(2)7-3/h4*3H,1-2H3;4*1-2H3. The Morgan fingerprint density at radius 3 is 1.11 bits per heavy atom. The van der Waals surface area contributed by atoms with Gasteiger partial charge in [-0.05, 0) is 76.2 Å². The van der Waals surface area contributed by atoms with E-state index in [-0.39, 0.29) is 0 Å². The first-order chi connectivity index (χ1) is 26.3. The van der Waals surface area contributed by atoms with Crippen molar-refractivity contribution in [1.29, 1.82) is 0 Å². The summed E-state index contributed by atoms with van der Waals surface area (Å²) in [5.41, 5.74) is 2.07. The Morgan fingerprint density at radius 2 is 0.982 bits per heavy atom. The lowest BCUT2D eigenvalue weighted by molar-refractivity contribution is 0.389. The second-order valence-electron chi connectivity index (χ2n) is 11.5. The molecule has 8 rings (SSSR count). The van der Waals surface area contributed by atoms with Crippen LogP contribution in [0, 0.1) is 111 Å². The minimum absolute atomic E-state index is 0.623. The molecule has 56 heavy (non-hydrogen) atoms. The molecule has 0 unspecified atom stereocenters. The average Bonchev–Trinajstić information content (AvgIpc) is 4.00. The summed E-state index contributed by atoms with van der Waals surface area (Å²) in [7, 11) is 0. The summed E-state index contributed by atoms with van der Waals surface area (Å²) in [4.78, 5) is 21.0. The van der Waals surface area contributed by atoms with E-state index in [1.165, 1.54) is 4.88 Å². The van der Waals surface area contributed by atoms with Crippen LogP contribution in [0.2, 0.25) is 0 Å². The first kappa shape index (κ1) is 48.7. The molecule has 0 saturated heterocycles. The van der Waals surface area contributed by atoms with Crippen LogP contribution in [0.3, 0.4) is 0 Å². The van der Waals surface area contributed by atoms with Crippen LogP contribution in [-0.4, -0.2) is 60.8 Å². The number of rotatable bonds is 0. The van der Waals surface area contributed by atoms with Crippen LogP contribution in [0.15, 0.2) is 46.2 Å². The largest absolute Gasteiger partial charge is 0.446 e. The quantitative estimate of drug-likeness (QED) is 0.139. The first-order valence-electron chi connectivity index (χ1n) is 16.9. The molecule has 0 aromatic carbocycles. The van der Waals surface area contributed by atoms with Crippen LogP contribution in [0.4, 0.5) is 0 Å². The fourth-order valence-electron chi connectivity index (χ4n) is 3.49. The minimum atomic E-state index is 0.623. The van der Waals surface area contributed by atoms with E-state index in [1.807, 2.05) is 74.6 Å². The molecule has 0 amide bonds. The SMILES string of the molecule is Cc1cc(C)on1.Cc1cnc(C)o1.Cc1cnc(C)s1.Cc1csc(C)n1.Cc1nnc(C)o1.Cc1nnc(C)s1.Cc1noc(C)n1.Cc1noc(C)n1. The first-order valence-corrected chi connectivity index (χ1v) is 19.5. The van der Waals surface area contributed by atoms with Crippen molar-refractivity contribution >= 4 is 34.0 Å². The molecule has 0 aliphatic rings. The summed E-state index contributed by atoms with van der Waals surface area (Å²) < 4.78 is 23.8. The number of hydrogen-bond acceptors (Lipinski definition) is 20. The average molecular weight is 829 g/mol. The summed E-state index contributed by atoms with van der Waals surface area (Å²) in [5.74, 6) is 6.35. The Balaban J connectivity index is 0.000000320. The Kier molecular flexibility index (Phi) is 23.0. The Bertz CT molecular complexity index is 1600. The van der Waals surface area contributed by atoms with Gasteiger partial charge in [0.1, 0.15) is 21.5 Å². The zero-order valence-corrected chi connectivity index (χ0v) is 37.4. The normalized spacial score (nSPS) is 9.43. The number of thiazole rings is 2. The summed E-state index contributed by atoms with van der Waals surface area (Å²) in [6.45, 7) is 30.1. The van der Waals surface area contributed by atoms with Crippen molar-refractivity contribution in [3.05, 3.63) is 113 Å². The van der Waals surface area contributed by atoms with Gasteiger partial charge >= 0.3 is 0 Å². The van der Waals surface area contributed by atoms with Gasteiger partial charge < -0.3 is 22.4 Å². The highest BCUT2D eigenvalue weighted by Gasteiger charge is 1.93. The van der Waals surface area contributed by atoms with E-state index in [0.717, 1.165) is 48.8 Å². The topological polar surface area (TPSA) is 220 Å². The molecular formula is C36H52N12O5S3. The molecule has 8 aromatic rings. The van der Waals surface area contributed by atoms with Crippen molar-refractivity contribution in [1.82, 2.24) is 60.8 Å². The van der Waals surface area contributed by atoms with Gasteiger partial charge in [-0.3, -0.25) is 0 Å². The van der Waals surface area contributed by atoms with Crippen molar-refractivity contribution in [3.8, 4) is 0 Å². The van der Waals surface area contributed by atoms with Crippen molar-refractivity contribution in [3.63, 3.8) is 0 Å². The molecule has 0 saturated carbocycles. The fraction of sp³-hybridized carbons (Fsp3) is 0.444. The third-order valence-electron chi connectivity index (χ3n) is 5.47. The van der Waals surface area contributed by atoms with Gasteiger partial charge in [0, 0.05) is 62.8 Å². The molecule has 0 bridgehead atoms. The van der Waals surface area contributed by atoms with Gasteiger partial charge in [-0.25, -0.2) is 15.0 Å². The summed E-state index contributed by atoms with van der Waals surface area (Å²) in [5, 5.41) is 31.9. The Labute approximate surface area is 339 Å². The Morgan fingerprint density at radius 1 is 0.429 bits per heavy atom. The number of aromatic nitrogens is 12. The number of aryl methyl sites for hydroxylation is 16. The second kappa shape index (κ2) is 26.5. The maximum atomic E-state index is 4.97. The molecule has 17 nitrogen and oxygen atoms in total. The molecule has 0 aliphatic heterocycles. The van der Waals surface area contributed by atoms with Crippen LogP contribution >= 0.6 is 34.0 Å². The lowest BCUT2D eigenvalue weighted by Gasteiger charge is -1.73. The molecular weight excluding hydrogens is 777 g/mol. The van der Waals surface area contributed by atoms with Crippen LogP contribution < -0.4 is 0 Å². The van der Waals surface area contributed by atoms with E-state index >= 15 is 0 Å². The third-order valence-corrected chi connectivity index (χ3v) is 7.94. The van der Waals surface area contributed by atoms with Crippen LogP contribution in [-0.2, 0) is 0 Å². The highest BCUT2D eigenvalue weighted by atomic mass is 32.1. The van der Waals surface area contributed by atoms with Gasteiger partial charge in [0.15, 0.2) is 17.5 Å². The van der Waals surface area contributed by atoms with E-state index in [1.54, 1.807) is 81.7 Å². The number of hydrogen-bond donors (Lipinski definition) is 0. The number of oxazole rings is 1. The molecule has 0 radical (unpaired) electrons. The van der Waals surface area contributed by atoms with Crippen molar-refractivity contribution in [2.75, 3.05) is 0 Å². The molecule has 0 N–H and O–H groups in total. The van der Waals surface area contributed by atoms with Crippen LogP contribution in [0.25, 0.3) is 0 Å². The van der Waals surface area contributed by atoms with Crippen molar-refractivity contribution in [2.45, 2.75) is 111 Å². The smallest absolute Gasteiger partial charge is 0.223 e.